The number of ether oxygens (including phenoxy) is 1. The van der Waals surface area contributed by atoms with Gasteiger partial charge in [-0.05, 0) is 49.6 Å². The van der Waals surface area contributed by atoms with Crippen molar-refractivity contribution in [1.82, 2.24) is 9.38 Å². The summed E-state index contributed by atoms with van der Waals surface area (Å²) >= 11 is 0.972. The monoisotopic (exact) mass is 532 g/mol. The molecule has 0 aliphatic carbocycles. The lowest BCUT2D eigenvalue weighted by molar-refractivity contribution is 0.0505. The number of thiazole rings is 1. The first kappa shape index (κ1) is 26.7. The molecule has 38 heavy (non-hydrogen) atoms. The predicted octanol–water partition coefficient (Wildman–Crippen LogP) is 5.09. The Morgan fingerprint density at radius 2 is 1.76 bits per heavy atom. The van der Waals surface area contributed by atoms with Crippen molar-refractivity contribution in [2.45, 2.75) is 40.0 Å². The maximum atomic E-state index is 13.6. The molecule has 4 rings (SSSR count). The zero-order valence-corrected chi connectivity index (χ0v) is 22.2. The largest absolute Gasteiger partial charge is 0.462 e. The third kappa shape index (κ3) is 5.81. The first-order chi connectivity index (χ1) is 18.3. The van der Waals surface area contributed by atoms with Gasteiger partial charge < -0.3 is 15.4 Å². The Hall–Kier alpha value is -4.31. The van der Waals surface area contributed by atoms with E-state index < -0.39 is 23.3 Å². The number of fused-ring (bicyclic) bond motifs is 1. The molecule has 0 saturated carbocycles. The van der Waals surface area contributed by atoms with Gasteiger partial charge in [0.15, 0.2) is 4.96 Å². The highest BCUT2D eigenvalue weighted by Gasteiger charge is 2.27. The second-order valence-electron chi connectivity index (χ2n) is 8.67. The molecule has 0 fully saturated rings. The van der Waals surface area contributed by atoms with Crippen LogP contribution >= 0.6 is 11.3 Å². The normalized spacial score (nSPS) is 10.8. The number of amides is 2. The molecule has 2 aromatic heterocycles. The van der Waals surface area contributed by atoms with Crippen molar-refractivity contribution in [1.29, 1.82) is 0 Å². The number of aryl methyl sites for hydroxylation is 2. The van der Waals surface area contributed by atoms with Gasteiger partial charge in [-0.15, -0.1) is 0 Å². The van der Waals surface area contributed by atoms with Gasteiger partial charge in [-0.25, -0.2) is 14.2 Å². The van der Waals surface area contributed by atoms with Gasteiger partial charge >= 0.3 is 5.97 Å². The molecule has 2 heterocycles. The summed E-state index contributed by atoms with van der Waals surface area (Å²) < 4.78 is 6.33. The molecule has 4 aromatic rings. The van der Waals surface area contributed by atoms with Crippen LogP contribution in [-0.2, 0) is 11.2 Å². The topological polar surface area (TPSA) is 119 Å². The van der Waals surface area contributed by atoms with Crippen LogP contribution < -0.4 is 16.2 Å². The fraction of sp³-hybridized carbons (Fsp3) is 0.250. The fourth-order valence-electron chi connectivity index (χ4n) is 3.85. The average Bonchev–Trinajstić information content (AvgIpc) is 3.29. The Morgan fingerprint density at radius 3 is 2.50 bits per heavy atom. The van der Waals surface area contributed by atoms with Crippen LogP contribution in [0, 0.1) is 6.92 Å². The Kier molecular flexibility index (Phi) is 8.32. The van der Waals surface area contributed by atoms with Gasteiger partial charge in [0.05, 0.1) is 12.2 Å². The molecule has 9 nitrogen and oxygen atoms in total. The molecule has 2 amide bonds. The zero-order chi connectivity index (χ0) is 27.2. The van der Waals surface area contributed by atoms with E-state index in [1.165, 1.54) is 12.1 Å². The van der Waals surface area contributed by atoms with Gasteiger partial charge in [0, 0.05) is 23.1 Å². The molecule has 0 saturated heterocycles. The lowest BCUT2D eigenvalue weighted by atomic mass is 10.2. The SMILES string of the molecule is CCCOC(=O)c1cccc(NC(=O)c2c(C(=O)Nc3ccccc3C)sc3nc(CCC)cc(=O)n23)c1. The molecule has 0 radical (unpaired) electrons. The summed E-state index contributed by atoms with van der Waals surface area (Å²) in [6.07, 6.45) is 2.07. The van der Waals surface area contributed by atoms with Gasteiger partial charge in [0.2, 0.25) is 0 Å². The van der Waals surface area contributed by atoms with E-state index in [4.69, 9.17) is 4.74 Å². The van der Waals surface area contributed by atoms with Gasteiger partial charge in [0.1, 0.15) is 10.6 Å². The molecule has 10 heteroatoms. The molecular formula is C28H28N4O5S. The van der Waals surface area contributed by atoms with Crippen LogP contribution in [0.1, 0.15) is 68.5 Å². The summed E-state index contributed by atoms with van der Waals surface area (Å²) in [5, 5.41) is 5.55. The number of anilines is 2. The number of hydrogen-bond donors (Lipinski definition) is 2. The van der Waals surface area contributed by atoms with Gasteiger partial charge in [-0.2, -0.15) is 0 Å². The highest BCUT2D eigenvalue weighted by Crippen LogP contribution is 2.25. The van der Waals surface area contributed by atoms with Crippen LogP contribution in [0.4, 0.5) is 11.4 Å². The maximum absolute atomic E-state index is 13.6. The van der Waals surface area contributed by atoms with E-state index in [1.807, 2.05) is 32.9 Å². The lowest BCUT2D eigenvalue weighted by Crippen LogP contribution is -2.25. The van der Waals surface area contributed by atoms with Crippen LogP contribution in [-0.4, -0.2) is 33.8 Å². The lowest BCUT2D eigenvalue weighted by Gasteiger charge is -2.10. The first-order valence-electron chi connectivity index (χ1n) is 12.3. The van der Waals surface area contributed by atoms with Crippen LogP contribution in [0.25, 0.3) is 4.96 Å². The van der Waals surface area contributed by atoms with Gasteiger partial charge in [0.25, 0.3) is 17.4 Å². The van der Waals surface area contributed by atoms with Crippen LogP contribution in [0.5, 0.6) is 0 Å². The van der Waals surface area contributed by atoms with Crippen molar-refractivity contribution in [2.24, 2.45) is 0 Å². The summed E-state index contributed by atoms with van der Waals surface area (Å²) in [4.78, 5) is 57.2. The third-order valence-corrected chi connectivity index (χ3v) is 6.73. The quantitative estimate of drug-likeness (QED) is 0.290. The zero-order valence-electron chi connectivity index (χ0n) is 21.4. The Labute approximate surface area is 223 Å². The number of para-hydroxylation sites is 1. The number of esters is 1. The summed E-state index contributed by atoms with van der Waals surface area (Å²) in [5.41, 5.74) is 2.03. The maximum Gasteiger partial charge on any atom is 0.338 e. The summed E-state index contributed by atoms with van der Waals surface area (Å²) in [5.74, 6) is -1.73. The number of aromatic nitrogens is 2. The predicted molar refractivity (Wildman–Crippen MR) is 147 cm³/mol. The van der Waals surface area contributed by atoms with E-state index in [9.17, 15) is 19.2 Å². The minimum atomic E-state index is -0.683. The molecule has 0 atom stereocenters. The minimum absolute atomic E-state index is 0.0440. The van der Waals surface area contributed by atoms with E-state index >= 15 is 0 Å². The standard InChI is InChI=1S/C28H28N4O5S/c1-4-9-19-16-22(33)32-23(25(34)29-20-12-8-11-18(15-20)27(36)37-14-5-2)24(38-28(32)30-19)26(35)31-21-13-7-6-10-17(21)3/h6-8,10-13,15-16H,4-5,9,14H2,1-3H3,(H,29,34)(H,31,35). The molecule has 0 bridgehead atoms. The Bertz CT molecular complexity index is 1570. The van der Waals surface area contributed by atoms with Crippen molar-refractivity contribution in [2.75, 3.05) is 17.2 Å². The van der Waals surface area contributed by atoms with Crippen molar-refractivity contribution < 1.29 is 19.1 Å². The molecule has 2 N–H and O–H groups in total. The second-order valence-corrected chi connectivity index (χ2v) is 9.65. The number of nitrogens with one attached hydrogen (secondary N) is 2. The molecule has 0 aliphatic heterocycles. The first-order valence-corrected chi connectivity index (χ1v) is 13.1. The summed E-state index contributed by atoms with van der Waals surface area (Å²) in [6, 6.07) is 14.9. The number of hydrogen-bond acceptors (Lipinski definition) is 7. The summed E-state index contributed by atoms with van der Waals surface area (Å²) in [6.45, 7) is 6.01. The smallest absolute Gasteiger partial charge is 0.338 e. The van der Waals surface area contributed by atoms with Crippen molar-refractivity contribution in [3.63, 3.8) is 0 Å². The average molecular weight is 533 g/mol. The van der Waals surface area contributed by atoms with Crippen LogP contribution in [0.15, 0.2) is 59.4 Å². The van der Waals surface area contributed by atoms with E-state index in [-0.39, 0.29) is 27.7 Å². The number of carbonyl (C=O) groups is 3. The number of nitrogens with zero attached hydrogens (tertiary/aromatic N) is 2. The molecule has 196 valence electrons. The van der Waals surface area contributed by atoms with E-state index in [0.29, 0.717) is 29.9 Å². The van der Waals surface area contributed by atoms with Crippen LogP contribution in [0.2, 0.25) is 0 Å². The van der Waals surface area contributed by atoms with Crippen molar-refractivity contribution >= 4 is 45.5 Å². The van der Waals surface area contributed by atoms with E-state index in [1.54, 1.807) is 30.3 Å². The van der Waals surface area contributed by atoms with Crippen molar-refractivity contribution in [3.8, 4) is 0 Å². The Morgan fingerprint density at radius 1 is 0.974 bits per heavy atom. The molecule has 0 unspecified atom stereocenters. The molecular weight excluding hydrogens is 504 g/mol. The third-order valence-electron chi connectivity index (χ3n) is 5.69. The van der Waals surface area contributed by atoms with Gasteiger partial charge in [-0.1, -0.05) is 55.9 Å². The van der Waals surface area contributed by atoms with Crippen molar-refractivity contribution in [3.05, 3.63) is 92.3 Å². The number of rotatable bonds is 9. The number of benzene rings is 2. The van der Waals surface area contributed by atoms with E-state index in [2.05, 4.69) is 15.6 Å². The molecule has 0 spiro atoms. The van der Waals surface area contributed by atoms with E-state index in [0.717, 1.165) is 27.7 Å². The highest BCUT2D eigenvalue weighted by atomic mass is 32.1. The molecule has 2 aromatic carbocycles. The summed E-state index contributed by atoms with van der Waals surface area (Å²) in [7, 11) is 0. The minimum Gasteiger partial charge on any atom is -0.462 e. The highest BCUT2D eigenvalue weighted by molar-refractivity contribution is 7.19. The molecule has 0 aliphatic rings. The Balaban J connectivity index is 1.75. The fourth-order valence-corrected chi connectivity index (χ4v) is 4.89. The number of carbonyl (C=O) groups excluding carboxylic acids is 3. The van der Waals surface area contributed by atoms with Gasteiger partial charge in [-0.3, -0.25) is 14.4 Å². The van der Waals surface area contributed by atoms with Crippen LogP contribution in [0.3, 0.4) is 0 Å². The second kappa shape index (κ2) is 11.8.